The zero-order chi connectivity index (χ0) is 27.0. The molecule has 0 radical (unpaired) electrons. The van der Waals surface area contributed by atoms with Crippen molar-refractivity contribution in [2.75, 3.05) is 19.7 Å². The Morgan fingerprint density at radius 1 is 1.26 bits per heavy atom. The van der Waals surface area contributed by atoms with Crippen LogP contribution in [0.5, 0.6) is 0 Å². The second-order valence-corrected chi connectivity index (χ2v) is 9.78. The van der Waals surface area contributed by atoms with E-state index in [1.807, 2.05) is 37.5 Å². The fourth-order valence-corrected chi connectivity index (χ4v) is 5.14. The molecular formula is C28H29FN6O3. The molecule has 4 N–H and O–H groups in total. The van der Waals surface area contributed by atoms with Crippen molar-refractivity contribution in [3.8, 4) is 28.5 Å². The highest BCUT2D eigenvalue weighted by Gasteiger charge is 2.29. The first-order valence-corrected chi connectivity index (χ1v) is 12.5. The van der Waals surface area contributed by atoms with Crippen LogP contribution in [0.1, 0.15) is 28.9 Å². The van der Waals surface area contributed by atoms with Crippen molar-refractivity contribution in [2.24, 2.45) is 12.8 Å². The predicted octanol–water partition coefficient (Wildman–Crippen LogP) is 2.64. The average molecular weight is 517 g/mol. The van der Waals surface area contributed by atoms with Crippen LogP contribution in [-0.4, -0.2) is 67.2 Å². The van der Waals surface area contributed by atoms with Crippen molar-refractivity contribution in [2.45, 2.75) is 31.5 Å². The third-order valence-corrected chi connectivity index (χ3v) is 6.96. The standard InChI is InChI=1S/C28H29FN6O3/c1-33-13-20-9-18(6-7-25(20)32-33)27-23(17-4-5-19(12-30)24(29)10-17)11-26(35(27)15-22(37)16-36)28(38)34-8-2-3-21(31)14-34/h4-7,9-11,13,21-22,36-37H,2-3,8,14-16,31H2,1H3/t21-,22-/m1/s1. The molecule has 0 spiro atoms. The van der Waals surface area contributed by atoms with Crippen molar-refractivity contribution < 1.29 is 19.4 Å². The second kappa shape index (κ2) is 10.4. The number of halogens is 1. The Labute approximate surface area is 219 Å². The lowest BCUT2D eigenvalue weighted by Gasteiger charge is -2.31. The van der Waals surface area contributed by atoms with Gasteiger partial charge in [0.05, 0.1) is 36.0 Å². The number of aryl methyl sites for hydroxylation is 1. The number of piperidine rings is 1. The summed E-state index contributed by atoms with van der Waals surface area (Å²) in [5.74, 6) is -0.925. The molecule has 5 rings (SSSR count). The number of hydrogen-bond donors (Lipinski definition) is 3. The van der Waals surface area contributed by atoms with Crippen molar-refractivity contribution in [3.05, 3.63) is 65.7 Å². The molecular weight excluding hydrogens is 487 g/mol. The number of amides is 1. The van der Waals surface area contributed by atoms with E-state index in [2.05, 4.69) is 5.10 Å². The summed E-state index contributed by atoms with van der Waals surface area (Å²) in [7, 11) is 1.82. The molecule has 196 valence electrons. The molecule has 1 saturated heterocycles. The largest absolute Gasteiger partial charge is 0.394 e. The van der Waals surface area contributed by atoms with Gasteiger partial charge in [-0.2, -0.15) is 10.4 Å². The number of aliphatic hydroxyl groups is 2. The highest BCUT2D eigenvalue weighted by atomic mass is 19.1. The van der Waals surface area contributed by atoms with Gasteiger partial charge in [0.25, 0.3) is 5.91 Å². The Morgan fingerprint density at radius 2 is 2.05 bits per heavy atom. The van der Waals surface area contributed by atoms with E-state index in [4.69, 9.17) is 5.73 Å². The van der Waals surface area contributed by atoms with Gasteiger partial charge in [-0.1, -0.05) is 12.1 Å². The molecule has 2 aromatic heterocycles. The molecule has 0 aliphatic carbocycles. The van der Waals surface area contributed by atoms with E-state index in [1.165, 1.54) is 12.1 Å². The molecule has 0 saturated carbocycles. The number of nitrogens with zero attached hydrogens (tertiary/aromatic N) is 5. The van der Waals surface area contributed by atoms with Crippen LogP contribution in [0.15, 0.2) is 48.7 Å². The Kier molecular flexibility index (Phi) is 6.99. The van der Waals surface area contributed by atoms with Crippen molar-refractivity contribution in [1.82, 2.24) is 19.2 Å². The van der Waals surface area contributed by atoms with Gasteiger partial charge in [-0.3, -0.25) is 9.48 Å². The number of benzene rings is 2. The van der Waals surface area contributed by atoms with Crippen LogP contribution < -0.4 is 5.73 Å². The minimum absolute atomic E-state index is 0.0589. The maximum absolute atomic E-state index is 14.7. The van der Waals surface area contributed by atoms with Gasteiger partial charge in [0, 0.05) is 43.3 Å². The molecule has 38 heavy (non-hydrogen) atoms. The molecule has 2 atom stereocenters. The Morgan fingerprint density at radius 3 is 2.76 bits per heavy atom. The summed E-state index contributed by atoms with van der Waals surface area (Å²) in [4.78, 5) is 15.5. The molecule has 4 aromatic rings. The lowest BCUT2D eigenvalue weighted by Crippen LogP contribution is -2.46. The first kappa shape index (κ1) is 25.6. The summed E-state index contributed by atoms with van der Waals surface area (Å²) in [6.07, 6.45) is 2.35. The zero-order valence-corrected chi connectivity index (χ0v) is 21.0. The summed E-state index contributed by atoms with van der Waals surface area (Å²) in [6.45, 7) is 0.404. The number of aliphatic hydroxyl groups excluding tert-OH is 2. The van der Waals surface area contributed by atoms with Gasteiger partial charge in [-0.05, 0) is 54.3 Å². The SMILES string of the molecule is Cn1cc2cc(-c3c(-c4ccc(C#N)c(F)c4)cc(C(=O)N4CCC[C@@H](N)C4)n3C[C@@H](O)CO)ccc2n1. The number of aromatic nitrogens is 3. The third kappa shape index (κ3) is 4.79. The Bertz CT molecular complexity index is 1550. The quantitative estimate of drug-likeness (QED) is 0.361. The van der Waals surface area contributed by atoms with Crippen LogP contribution in [0.4, 0.5) is 4.39 Å². The maximum atomic E-state index is 14.7. The van der Waals surface area contributed by atoms with E-state index >= 15 is 0 Å². The van der Waals surface area contributed by atoms with E-state index < -0.39 is 18.5 Å². The number of hydrogen-bond acceptors (Lipinski definition) is 6. The zero-order valence-electron chi connectivity index (χ0n) is 21.0. The Hall–Kier alpha value is -4.04. The molecule has 2 aromatic carbocycles. The van der Waals surface area contributed by atoms with E-state index in [0.717, 1.165) is 29.3 Å². The first-order chi connectivity index (χ1) is 18.3. The second-order valence-electron chi connectivity index (χ2n) is 9.78. The van der Waals surface area contributed by atoms with Gasteiger partial charge in [-0.25, -0.2) is 4.39 Å². The number of carbonyl (C=O) groups excluding carboxylic acids is 1. The number of nitriles is 1. The van der Waals surface area contributed by atoms with Crippen LogP contribution in [-0.2, 0) is 13.6 Å². The van der Waals surface area contributed by atoms with Gasteiger partial charge in [0.1, 0.15) is 17.6 Å². The normalized spacial score (nSPS) is 16.5. The molecule has 1 amide bonds. The fourth-order valence-electron chi connectivity index (χ4n) is 5.14. The van der Waals surface area contributed by atoms with Gasteiger partial charge >= 0.3 is 0 Å². The van der Waals surface area contributed by atoms with Crippen LogP contribution >= 0.6 is 0 Å². The van der Waals surface area contributed by atoms with E-state index in [0.29, 0.717) is 35.6 Å². The van der Waals surface area contributed by atoms with Crippen molar-refractivity contribution in [1.29, 1.82) is 5.26 Å². The number of fused-ring (bicyclic) bond motifs is 1. The monoisotopic (exact) mass is 516 g/mol. The fraction of sp³-hybridized carbons (Fsp3) is 0.321. The third-order valence-electron chi connectivity index (χ3n) is 6.96. The molecule has 0 bridgehead atoms. The molecule has 10 heteroatoms. The first-order valence-electron chi connectivity index (χ1n) is 12.5. The highest BCUT2D eigenvalue weighted by molar-refractivity contribution is 5.99. The maximum Gasteiger partial charge on any atom is 0.270 e. The number of rotatable bonds is 6. The number of likely N-dealkylation sites (tertiary alicyclic amines) is 1. The lowest BCUT2D eigenvalue weighted by molar-refractivity contribution is 0.0668. The van der Waals surface area contributed by atoms with Crippen LogP contribution in [0.2, 0.25) is 0 Å². The number of nitrogens with two attached hydrogens (primary N) is 1. The smallest absolute Gasteiger partial charge is 0.270 e. The Balaban J connectivity index is 1.75. The van der Waals surface area contributed by atoms with E-state index in [1.54, 1.807) is 26.3 Å². The van der Waals surface area contributed by atoms with Crippen molar-refractivity contribution in [3.63, 3.8) is 0 Å². The van der Waals surface area contributed by atoms with E-state index in [9.17, 15) is 24.7 Å². The minimum atomic E-state index is -1.14. The highest BCUT2D eigenvalue weighted by Crippen LogP contribution is 2.38. The van der Waals surface area contributed by atoms with Gasteiger partial charge in [0.15, 0.2) is 0 Å². The molecule has 0 unspecified atom stereocenters. The topological polar surface area (TPSA) is 133 Å². The molecule has 1 aliphatic rings. The van der Waals surface area contributed by atoms with Crippen LogP contribution in [0.3, 0.4) is 0 Å². The van der Waals surface area contributed by atoms with Gasteiger partial charge in [0.2, 0.25) is 0 Å². The van der Waals surface area contributed by atoms with Gasteiger partial charge in [-0.15, -0.1) is 0 Å². The molecule has 1 fully saturated rings. The molecule has 1 aliphatic heterocycles. The summed E-state index contributed by atoms with van der Waals surface area (Å²) in [5, 5.41) is 34.7. The molecule has 3 heterocycles. The minimum Gasteiger partial charge on any atom is -0.394 e. The average Bonchev–Trinajstić information content (AvgIpc) is 3.47. The summed E-state index contributed by atoms with van der Waals surface area (Å²) < 4.78 is 18.1. The number of carbonyl (C=O) groups is 1. The van der Waals surface area contributed by atoms with Crippen LogP contribution in [0.25, 0.3) is 33.3 Å². The van der Waals surface area contributed by atoms with Crippen molar-refractivity contribution >= 4 is 16.8 Å². The summed E-state index contributed by atoms with van der Waals surface area (Å²) >= 11 is 0. The van der Waals surface area contributed by atoms with E-state index in [-0.39, 0.29) is 24.1 Å². The van der Waals surface area contributed by atoms with Gasteiger partial charge < -0.3 is 25.4 Å². The predicted molar refractivity (Wildman–Crippen MR) is 140 cm³/mol. The summed E-state index contributed by atoms with van der Waals surface area (Å²) in [5.41, 5.74) is 9.50. The summed E-state index contributed by atoms with van der Waals surface area (Å²) in [6, 6.07) is 13.4. The lowest BCUT2D eigenvalue weighted by atomic mass is 9.99. The molecule has 9 nitrogen and oxygen atoms in total. The van der Waals surface area contributed by atoms with Crippen LogP contribution in [0, 0.1) is 17.1 Å².